The highest BCUT2D eigenvalue weighted by Gasteiger charge is 2.75. The van der Waals surface area contributed by atoms with Crippen LogP contribution in [0.4, 0.5) is 0 Å². The Bertz CT molecular complexity index is 668. The lowest BCUT2D eigenvalue weighted by Gasteiger charge is -2.35. The molecule has 3 rings (SSSR count). The zero-order chi connectivity index (χ0) is 18.9. The highest BCUT2D eigenvalue weighted by atomic mass is 16.5. The molecule has 142 valence electrons. The van der Waals surface area contributed by atoms with Gasteiger partial charge in [0, 0.05) is 11.5 Å². The van der Waals surface area contributed by atoms with E-state index >= 15 is 0 Å². The van der Waals surface area contributed by atoms with Gasteiger partial charge in [0.05, 0.1) is 19.6 Å². The number of hydrogen-bond donors (Lipinski definition) is 1. The Morgan fingerprint density at radius 1 is 1.23 bits per heavy atom. The molecule has 26 heavy (non-hydrogen) atoms. The van der Waals surface area contributed by atoms with Gasteiger partial charge >= 0.3 is 11.9 Å². The highest BCUT2D eigenvalue weighted by Crippen LogP contribution is 2.68. The van der Waals surface area contributed by atoms with E-state index in [1.54, 1.807) is 0 Å². The summed E-state index contributed by atoms with van der Waals surface area (Å²) >= 11 is 0. The quantitative estimate of drug-likeness (QED) is 0.790. The van der Waals surface area contributed by atoms with Crippen LogP contribution in [0.3, 0.4) is 0 Å². The van der Waals surface area contributed by atoms with Crippen molar-refractivity contribution in [1.29, 1.82) is 0 Å². The molecule has 1 aromatic carbocycles. The number of carbonyl (C=O) groups excluding carboxylic acids is 2. The Hall–Kier alpha value is -1.88. The maximum Gasteiger partial charge on any atom is 0.326 e. The van der Waals surface area contributed by atoms with Crippen molar-refractivity contribution in [2.24, 2.45) is 17.3 Å². The summed E-state index contributed by atoms with van der Waals surface area (Å²) in [5, 5.41) is 3.57. The molecule has 0 bridgehead atoms. The molecule has 0 radical (unpaired) electrons. The van der Waals surface area contributed by atoms with E-state index in [2.05, 4.69) is 19.2 Å². The number of nitrogens with one attached hydrogen (secondary N) is 1. The minimum Gasteiger partial charge on any atom is -0.468 e. The van der Waals surface area contributed by atoms with E-state index < -0.39 is 11.0 Å². The molecule has 1 saturated heterocycles. The molecule has 1 spiro atoms. The Morgan fingerprint density at radius 3 is 2.38 bits per heavy atom. The fraction of sp³-hybridized carbons (Fsp3) is 0.619. The maximum absolute atomic E-state index is 13.0. The molecule has 3 atom stereocenters. The third kappa shape index (κ3) is 2.82. The third-order valence-corrected chi connectivity index (χ3v) is 5.92. The van der Waals surface area contributed by atoms with Crippen LogP contribution in [0.5, 0.6) is 0 Å². The summed E-state index contributed by atoms with van der Waals surface area (Å²) < 4.78 is 10.7. The topological polar surface area (TPSA) is 64.6 Å². The van der Waals surface area contributed by atoms with Crippen molar-refractivity contribution in [3.63, 3.8) is 0 Å². The van der Waals surface area contributed by atoms with Crippen LogP contribution in [0, 0.1) is 17.3 Å². The van der Waals surface area contributed by atoms with Crippen molar-refractivity contribution < 1.29 is 19.1 Å². The van der Waals surface area contributed by atoms with Crippen LogP contribution in [0.25, 0.3) is 0 Å². The van der Waals surface area contributed by atoms with Crippen LogP contribution >= 0.6 is 0 Å². The molecule has 2 fully saturated rings. The Morgan fingerprint density at radius 2 is 1.88 bits per heavy atom. The zero-order valence-corrected chi connectivity index (χ0v) is 16.1. The average molecular weight is 359 g/mol. The van der Waals surface area contributed by atoms with Crippen LogP contribution in [0.2, 0.25) is 0 Å². The fourth-order valence-corrected chi connectivity index (χ4v) is 4.87. The molecule has 1 aliphatic carbocycles. The van der Waals surface area contributed by atoms with Crippen molar-refractivity contribution in [3.05, 3.63) is 35.9 Å². The van der Waals surface area contributed by atoms with Gasteiger partial charge in [-0.2, -0.15) is 0 Å². The molecule has 5 nitrogen and oxygen atoms in total. The second-order valence-corrected chi connectivity index (χ2v) is 7.91. The molecule has 1 aromatic rings. The summed E-state index contributed by atoms with van der Waals surface area (Å²) in [6, 6.07) is 9.62. The molecule has 2 aliphatic rings. The summed E-state index contributed by atoms with van der Waals surface area (Å²) in [7, 11) is 1.43. The van der Waals surface area contributed by atoms with Gasteiger partial charge in [-0.15, -0.1) is 0 Å². The number of rotatable bonds is 6. The molecule has 1 N–H and O–H groups in total. The largest absolute Gasteiger partial charge is 0.468 e. The van der Waals surface area contributed by atoms with E-state index in [0.29, 0.717) is 13.0 Å². The van der Waals surface area contributed by atoms with Gasteiger partial charge in [-0.25, -0.2) is 0 Å². The van der Waals surface area contributed by atoms with E-state index in [1.807, 2.05) is 37.3 Å². The van der Waals surface area contributed by atoms with Gasteiger partial charge in [0.2, 0.25) is 0 Å². The summed E-state index contributed by atoms with van der Waals surface area (Å²) in [5.41, 5.74) is -0.281. The first kappa shape index (κ1) is 18.9. The van der Waals surface area contributed by atoms with Gasteiger partial charge in [0.25, 0.3) is 0 Å². The monoisotopic (exact) mass is 359 g/mol. The second kappa shape index (κ2) is 7.03. The lowest BCUT2D eigenvalue weighted by atomic mass is 9.71. The molecule has 1 aliphatic heterocycles. The molecule has 0 aromatic heterocycles. The standard InChI is InChI=1S/C21H29NO4/c1-5-26-18(23)16-17(15-9-7-6-8-10-15)22-21(13-14(2)3,19(24)25-4)20(16)11-12-20/h6-10,14,16-17,22H,5,11-13H2,1-4H3/t16-,17-,21+/m1/s1. The number of benzene rings is 1. The summed E-state index contributed by atoms with van der Waals surface area (Å²) in [6.45, 7) is 6.34. The van der Waals surface area contributed by atoms with Crippen LogP contribution in [-0.2, 0) is 19.1 Å². The van der Waals surface area contributed by atoms with Crippen LogP contribution in [-0.4, -0.2) is 31.2 Å². The van der Waals surface area contributed by atoms with Crippen molar-refractivity contribution in [2.75, 3.05) is 13.7 Å². The molecule has 1 saturated carbocycles. The second-order valence-electron chi connectivity index (χ2n) is 7.91. The summed E-state index contributed by atoms with van der Waals surface area (Å²) in [5.74, 6) is -0.587. The number of esters is 2. The van der Waals surface area contributed by atoms with E-state index in [1.165, 1.54) is 7.11 Å². The normalized spacial score (nSPS) is 29.0. The van der Waals surface area contributed by atoms with E-state index in [9.17, 15) is 9.59 Å². The van der Waals surface area contributed by atoms with Gasteiger partial charge in [0.1, 0.15) is 5.54 Å². The van der Waals surface area contributed by atoms with Gasteiger partial charge < -0.3 is 9.47 Å². The summed E-state index contributed by atoms with van der Waals surface area (Å²) in [4.78, 5) is 25.9. The first-order valence-corrected chi connectivity index (χ1v) is 9.49. The molecule has 0 unspecified atom stereocenters. The minimum atomic E-state index is -0.853. The van der Waals surface area contributed by atoms with Gasteiger partial charge in [0.15, 0.2) is 0 Å². The molecule has 1 heterocycles. The zero-order valence-electron chi connectivity index (χ0n) is 16.1. The Balaban J connectivity index is 2.11. The average Bonchev–Trinajstić information content (AvgIpc) is 3.36. The van der Waals surface area contributed by atoms with Crippen molar-refractivity contribution in [2.45, 2.75) is 51.6 Å². The Kier molecular flexibility index (Phi) is 5.11. The van der Waals surface area contributed by atoms with Crippen LogP contribution < -0.4 is 5.32 Å². The van der Waals surface area contributed by atoms with Gasteiger partial charge in [-0.1, -0.05) is 44.2 Å². The molecule has 0 amide bonds. The first-order chi connectivity index (χ1) is 12.4. The van der Waals surface area contributed by atoms with Crippen molar-refractivity contribution in [1.82, 2.24) is 5.32 Å². The lowest BCUT2D eigenvalue weighted by molar-refractivity contribution is -0.155. The van der Waals surface area contributed by atoms with E-state index in [4.69, 9.17) is 9.47 Å². The predicted molar refractivity (Wildman–Crippen MR) is 98.3 cm³/mol. The van der Waals surface area contributed by atoms with E-state index in [0.717, 1.165) is 18.4 Å². The molecular weight excluding hydrogens is 330 g/mol. The van der Waals surface area contributed by atoms with E-state index in [-0.39, 0.29) is 29.8 Å². The van der Waals surface area contributed by atoms with Gasteiger partial charge in [-0.05, 0) is 37.7 Å². The third-order valence-electron chi connectivity index (χ3n) is 5.92. The first-order valence-electron chi connectivity index (χ1n) is 9.49. The highest BCUT2D eigenvalue weighted by molar-refractivity contribution is 5.87. The van der Waals surface area contributed by atoms with Crippen LogP contribution in [0.15, 0.2) is 30.3 Å². The lowest BCUT2D eigenvalue weighted by Crippen LogP contribution is -2.55. The number of carbonyl (C=O) groups is 2. The number of methoxy groups -OCH3 is 1. The SMILES string of the molecule is CCOC(=O)[C@H]1[C@@H](c2ccccc2)N[C@@](CC(C)C)(C(=O)OC)C12CC2. The fourth-order valence-electron chi connectivity index (χ4n) is 4.87. The van der Waals surface area contributed by atoms with Crippen molar-refractivity contribution >= 4 is 11.9 Å². The number of ether oxygens (including phenoxy) is 2. The van der Waals surface area contributed by atoms with Gasteiger partial charge in [-0.3, -0.25) is 14.9 Å². The molecule has 5 heteroatoms. The smallest absolute Gasteiger partial charge is 0.326 e. The number of hydrogen-bond acceptors (Lipinski definition) is 5. The minimum absolute atomic E-state index is 0.221. The summed E-state index contributed by atoms with van der Waals surface area (Å²) in [6.07, 6.45) is 2.29. The predicted octanol–water partition coefficient (Wildman–Crippen LogP) is 3.25. The van der Waals surface area contributed by atoms with Crippen LogP contribution in [0.1, 0.15) is 51.6 Å². The molecular formula is C21H29NO4. The Labute approximate surface area is 155 Å². The maximum atomic E-state index is 13.0. The van der Waals surface area contributed by atoms with Crippen molar-refractivity contribution in [3.8, 4) is 0 Å².